The predicted octanol–water partition coefficient (Wildman–Crippen LogP) is 1.80. The van der Waals surface area contributed by atoms with E-state index in [2.05, 4.69) is 16.3 Å². The number of allylic oxidation sites excluding steroid dienone is 1. The molecule has 0 saturated heterocycles. The molecule has 0 aromatic carbocycles. The second kappa shape index (κ2) is 3.43. The maximum Gasteiger partial charge on any atom is 0.360 e. The first-order chi connectivity index (χ1) is 6.06. The summed E-state index contributed by atoms with van der Waals surface area (Å²) in [6, 6.07) is 0. The van der Waals surface area contributed by atoms with E-state index in [1.165, 1.54) is 7.11 Å². The number of carbonyl (C=O) groups is 1. The molecule has 0 amide bonds. The summed E-state index contributed by atoms with van der Waals surface area (Å²) >= 11 is 0. The minimum Gasteiger partial charge on any atom is -0.464 e. The summed E-state index contributed by atoms with van der Waals surface area (Å²) in [4.78, 5) is 15.0. The maximum absolute atomic E-state index is 11.1. The monoisotopic (exact) mass is 181 g/mol. The molecule has 0 fully saturated rings. The molecule has 0 atom stereocenters. The van der Waals surface area contributed by atoms with Crippen molar-refractivity contribution in [2.75, 3.05) is 7.11 Å². The maximum atomic E-state index is 11.1. The summed E-state index contributed by atoms with van der Waals surface area (Å²) in [5, 5.41) is 0. The van der Waals surface area contributed by atoms with Crippen LogP contribution in [0.15, 0.2) is 11.0 Å². The Bertz CT molecular complexity index is 352. The number of aromatic nitrogens is 1. The van der Waals surface area contributed by atoms with E-state index in [9.17, 15) is 4.79 Å². The van der Waals surface area contributed by atoms with Crippen LogP contribution in [-0.2, 0) is 4.74 Å². The van der Waals surface area contributed by atoms with Crippen LogP contribution in [0.5, 0.6) is 0 Å². The van der Waals surface area contributed by atoms with Crippen molar-refractivity contribution in [1.29, 1.82) is 0 Å². The summed E-state index contributed by atoms with van der Waals surface area (Å²) < 4.78 is 9.71. The van der Waals surface area contributed by atoms with Gasteiger partial charge in [-0.25, -0.2) is 9.78 Å². The Morgan fingerprint density at radius 2 is 2.23 bits per heavy atom. The molecular formula is C9H11NO3. The zero-order valence-corrected chi connectivity index (χ0v) is 7.88. The van der Waals surface area contributed by atoms with Crippen molar-refractivity contribution in [3.63, 3.8) is 0 Å². The Morgan fingerprint density at radius 1 is 1.62 bits per heavy atom. The van der Waals surface area contributed by atoms with Crippen molar-refractivity contribution in [3.8, 4) is 0 Å². The van der Waals surface area contributed by atoms with Crippen LogP contribution < -0.4 is 0 Å². The molecule has 0 aliphatic carbocycles. The van der Waals surface area contributed by atoms with E-state index in [0.717, 1.165) is 0 Å². The van der Waals surface area contributed by atoms with Crippen molar-refractivity contribution in [3.05, 3.63) is 23.9 Å². The van der Waals surface area contributed by atoms with Crippen molar-refractivity contribution >= 4 is 11.5 Å². The normalized spacial score (nSPS) is 9.77. The molecule has 0 spiro atoms. The van der Waals surface area contributed by atoms with Crippen LogP contribution >= 0.6 is 0 Å². The van der Waals surface area contributed by atoms with E-state index in [4.69, 9.17) is 4.42 Å². The van der Waals surface area contributed by atoms with Crippen LogP contribution in [0.2, 0.25) is 0 Å². The van der Waals surface area contributed by atoms with E-state index in [-0.39, 0.29) is 5.69 Å². The van der Waals surface area contributed by atoms with Gasteiger partial charge < -0.3 is 9.15 Å². The second-order valence-electron chi connectivity index (χ2n) is 2.70. The number of rotatable bonds is 2. The van der Waals surface area contributed by atoms with E-state index in [0.29, 0.717) is 17.2 Å². The Morgan fingerprint density at radius 3 is 2.62 bits per heavy atom. The topological polar surface area (TPSA) is 52.3 Å². The van der Waals surface area contributed by atoms with Gasteiger partial charge in [0.15, 0.2) is 5.69 Å². The van der Waals surface area contributed by atoms with Gasteiger partial charge in [-0.3, -0.25) is 0 Å². The standard InChI is InChI=1S/C9H11NO3/c1-5(2)8-10-7(6(3)13-8)9(11)12-4/h1H2,2-4H3. The summed E-state index contributed by atoms with van der Waals surface area (Å²) in [7, 11) is 1.30. The van der Waals surface area contributed by atoms with Gasteiger partial charge in [-0.2, -0.15) is 0 Å². The van der Waals surface area contributed by atoms with E-state index in [1.807, 2.05) is 0 Å². The fourth-order valence-corrected chi connectivity index (χ4v) is 0.865. The Hall–Kier alpha value is -1.58. The molecule has 0 N–H and O–H groups in total. The van der Waals surface area contributed by atoms with Gasteiger partial charge >= 0.3 is 5.97 Å². The quantitative estimate of drug-likeness (QED) is 0.653. The number of hydrogen-bond donors (Lipinski definition) is 0. The highest BCUT2D eigenvalue weighted by Crippen LogP contribution is 2.16. The van der Waals surface area contributed by atoms with Gasteiger partial charge in [-0.05, 0) is 13.8 Å². The molecule has 0 aliphatic rings. The van der Waals surface area contributed by atoms with E-state index in [1.54, 1.807) is 13.8 Å². The fraction of sp³-hybridized carbons (Fsp3) is 0.333. The van der Waals surface area contributed by atoms with Gasteiger partial charge in [0.05, 0.1) is 7.11 Å². The zero-order chi connectivity index (χ0) is 10.0. The molecule has 0 unspecified atom stereocenters. The number of nitrogens with zero attached hydrogens (tertiary/aromatic N) is 1. The summed E-state index contributed by atoms with van der Waals surface area (Å²) in [6.07, 6.45) is 0. The Balaban J connectivity index is 3.10. The number of esters is 1. The number of oxazole rings is 1. The highest BCUT2D eigenvalue weighted by atomic mass is 16.5. The van der Waals surface area contributed by atoms with Crippen LogP contribution in [-0.4, -0.2) is 18.1 Å². The van der Waals surface area contributed by atoms with Crippen molar-refractivity contribution < 1.29 is 13.9 Å². The SMILES string of the molecule is C=C(C)c1nc(C(=O)OC)c(C)o1. The summed E-state index contributed by atoms with van der Waals surface area (Å²) in [5.41, 5.74) is 0.888. The van der Waals surface area contributed by atoms with Crippen molar-refractivity contribution in [2.45, 2.75) is 13.8 Å². The Labute approximate surface area is 76.2 Å². The molecule has 1 heterocycles. The van der Waals surface area contributed by atoms with Gasteiger partial charge in [-0.1, -0.05) is 6.58 Å². The molecule has 1 rings (SSSR count). The molecule has 4 nitrogen and oxygen atoms in total. The number of methoxy groups -OCH3 is 1. The first-order valence-corrected chi connectivity index (χ1v) is 3.78. The van der Waals surface area contributed by atoms with Crippen LogP contribution in [0.1, 0.15) is 29.1 Å². The van der Waals surface area contributed by atoms with Crippen LogP contribution in [0.25, 0.3) is 5.57 Å². The largest absolute Gasteiger partial charge is 0.464 e. The van der Waals surface area contributed by atoms with Gasteiger partial charge in [0.2, 0.25) is 5.89 Å². The fourth-order valence-electron chi connectivity index (χ4n) is 0.865. The van der Waals surface area contributed by atoms with Crippen molar-refractivity contribution in [2.24, 2.45) is 0 Å². The van der Waals surface area contributed by atoms with Gasteiger partial charge in [-0.15, -0.1) is 0 Å². The smallest absolute Gasteiger partial charge is 0.360 e. The lowest BCUT2D eigenvalue weighted by atomic mass is 10.3. The lowest BCUT2D eigenvalue weighted by molar-refractivity contribution is 0.0593. The molecular weight excluding hydrogens is 170 g/mol. The molecule has 0 saturated carbocycles. The average molecular weight is 181 g/mol. The third-order valence-electron chi connectivity index (χ3n) is 1.54. The van der Waals surface area contributed by atoms with Gasteiger partial charge in [0, 0.05) is 5.57 Å². The summed E-state index contributed by atoms with van der Waals surface area (Å²) in [6.45, 7) is 7.07. The predicted molar refractivity (Wildman–Crippen MR) is 47.3 cm³/mol. The summed E-state index contributed by atoms with van der Waals surface area (Å²) in [5.74, 6) is 0.330. The second-order valence-corrected chi connectivity index (χ2v) is 2.70. The molecule has 0 radical (unpaired) electrons. The molecule has 1 aromatic heterocycles. The molecule has 1 aromatic rings. The number of hydrogen-bond acceptors (Lipinski definition) is 4. The number of carbonyl (C=O) groups excluding carboxylic acids is 1. The van der Waals surface area contributed by atoms with Crippen LogP contribution in [0, 0.1) is 6.92 Å². The minimum atomic E-state index is -0.492. The zero-order valence-electron chi connectivity index (χ0n) is 7.88. The number of aryl methyl sites for hydroxylation is 1. The minimum absolute atomic E-state index is 0.209. The van der Waals surface area contributed by atoms with Crippen LogP contribution in [0.4, 0.5) is 0 Å². The highest BCUT2D eigenvalue weighted by Gasteiger charge is 2.17. The van der Waals surface area contributed by atoms with Crippen molar-refractivity contribution in [1.82, 2.24) is 4.98 Å². The Kier molecular flexibility index (Phi) is 2.51. The third-order valence-corrected chi connectivity index (χ3v) is 1.54. The molecule has 0 bridgehead atoms. The lowest BCUT2D eigenvalue weighted by Crippen LogP contribution is -2.03. The first-order valence-electron chi connectivity index (χ1n) is 3.78. The number of ether oxygens (including phenoxy) is 1. The van der Waals surface area contributed by atoms with Gasteiger partial charge in [0.1, 0.15) is 5.76 Å². The van der Waals surface area contributed by atoms with E-state index < -0.39 is 5.97 Å². The molecule has 70 valence electrons. The first kappa shape index (κ1) is 9.51. The molecule has 0 aliphatic heterocycles. The average Bonchev–Trinajstić information content (AvgIpc) is 2.46. The van der Waals surface area contributed by atoms with Crippen LogP contribution in [0.3, 0.4) is 0 Å². The highest BCUT2D eigenvalue weighted by molar-refractivity contribution is 5.88. The molecule has 4 heteroatoms. The third kappa shape index (κ3) is 1.77. The van der Waals surface area contributed by atoms with E-state index >= 15 is 0 Å². The molecule has 13 heavy (non-hydrogen) atoms. The van der Waals surface area contributed by atoms with Gasteiger partial charge in [0.25, 0.3) is 0 Å². The lowest BCUT2D eigenvalue weighted by Gasteiger charge is -1.91.